The normalized spacial score (nSPS) is 12.3. The predicted molar refractivity (Wildman–Crippen MR) is 86.4 cm³/mol. The maximum Gasteiger partial charge on any atom is 0.240 e. The zero-order valence-electron chi connectivity index (χ0n) is 12.2. The molecule has 4 nitrogen and oxygen atoms in total. The summed E-state index contributed by atoms with van der Waals surface area (Å²) in [6, 6.07) is 17.7. The van der Waals surface area contributed by atoms with E-state index in [4.69, 9.17) is 16.1 Å². The van der Waals surface area contributed by atoms with E-state index in [2.05, 4.69) is 22.4 Å². The highest BCUT2D eigenvalue weighted by Gasteiger charge is 2.10. The molecule has 0 aliphatic rings. The first kappa shape index (κ1) is 14.8. The summed E-state index contributed by atoms with van der Waals surface area (Å²) < 4.78 is 5.28. The van der Waals surface area contributed by atoms with Crippen LogP contribution in [0, 0.1) is 0 Å². The van der Waals surface area contributed by atoms with Gasteiger partial charge in [-0.25, -0.2) is 0 Å². The van der Waals surface area contributed by atoms with E-state index < -0.39 is 0 Å². The second kappa shape index (κ2) is 6.73. The van der Waals surface area contributed by atoms with Gasteiger partial charge < -0.3 is 9.84 Å². The molecule has 0 saturated carbocycles. The van der Waals surface area contributed by atoms with Crippen molar-refractivity contribution in [3.05, 3.63) is 71.1 Å². The molecule has 0 saturated heterocycles. The van der Waals surface area contributed by atoms with E-state index >= 15 is 0 Å². The van der Waals surface area contributed by atoms with Crippen LogP contribution < -0.4 is 5.32 Å². The topological polar surface area (TPSA) is 51.0 Å². The summed E-state index contributed by atoms with van der Waals surface area (Å²) in [5, 5.41) is 8.10. The van der Waals surface area contributed by atoms with Crippen LogP contribution in [-0.2, 0) is 6.54 Å². The van der Waals surface area contributed by atoms with Crippen molar-refractivity contribution in [2.45, 2.75) is 19.5 Å². The van der Waals surface area contributed by atoms with Crippen molar-refractivity contribution in [3.8, 4) is 11.4 Å². The zero-order valence-corrected chi connectivity index (χ0v) is 12.9. The SMILES string of the molecule is C[C@H](NCc1nc(-c2ccccc2)no1)c1ccc(Cl)cc1. The molecule has 0 unspecified atom stereocenters. The van der Waals surface area contributed by atoms with Crippen molar-refractivity contribution in [3.63, 3.8) is 0 Å². The van der Waals surface area contributed by atoms with Crippen molar-refractivity contribution < 1.29 is 4.52 Å². The molecular formula is C17H16ClN3O. The van der Waals surface area contributed by atoms with Gasteiger partial charge in [0.2, 0.25) is 11.7 Å². The van der Waals surface area contributed by atoms with Crippen LogP contribution in [0.3, 0.4) is 0 Å². The minimum Gasteiger partial charge on any atom is -0.338 e. The number of benzene rings is 2. The molecule has 0 fully saturated rings. The fourth-order valence-electron chi connectivity index (χ4n) is 2.14. The second-order valence-electron chi connectivity index (χ2n) is 5.03. The number of rotatable bonds is 5. The van der Waals surface area contributed by atoms with E-state index in [1.54, 1.807) is 0 Å². The van der Waals surface area contributed by atoms with Gasteiger partial charge in [0.1, 0.15) is 0 Å². The van der Waals surface area contributed by atoms with Crippen molar-refractivity contribution in [2.75, 3.05) is 0 Å². The van der Waals surface area contributed by atoms with E-state index in [1.165, 1.54) is 0 Å². The van der Waals surface area contributed by atoms with E-state index in [9.17, 15) is 0 Å². The highest BCUT2D eigenvalue weighted by atomic mass is 35.5. The Kier molecular flexibility index (Phi) is 4.51. The van der Waals surface area contributed by atoms with E-state index in [-0.39, 0.29) is 6.04 Å². The van der Waals surface area contributed by atoms with Crippen LogP contribution in [-0.4, -0.2) is 10.1 Å². The molecule has 1 heterocycles. The molecule has 3 aromatic rings. The Bertz CT molecular complexity index is 725. The van der Waals surface area contributed by atoms with Gasteiger partial charge in [0, 0.05) is 16.6 Å². The molecule has 1 N–H and O–H groups in total. The van der Waals surface area contributed by atoms with Gasteiger partial charge in [-0.15, -0.1) is 0 Å². The summed E-state index contributed by atoms with van der Waals surface area (Å²) in [7, 11) is 0. The molecule has 0 amide bonds. The minimum absolute atomic E-state index is 0.171. The first-order valence-corrected chi connectivity index (χ1v) is 7.47. The van der Waals surface area contributed by atoms with Gasteiger partial charge in [-0.2, -0.15) is 4.98 Å². The number of halogens is 1. The number of nitrogens with one attached hydrogen (secondary N) is 1. The number of nitrogens with zero attached hydrogens (tertiary/aromatic N) is 2. The Balaban J connectivity index is 1.62. The Morgan fingerprint density at radius 2 is 1.82 bits per heavy atom. The lowest BCUT2D eigenvalue weighted by Gasteiger charge is -2.12. The second-order valence-corrected chi connectivity index (χ2v) is 5.47. The van der Waals surface area contributed by atoms with Crippen LogP contribution in [0.15, 0.2) is 59.1 Å². The molecule has 0 bridgehead atoms. The van der Waals surface area contributed by atoms with E-state index in [0.717, 1.165) is 16.1 Å². The quantitative estimate of drug-likeness (QED) is 0.765. The minimum atomic E-state index is 0.171. The summed E-state index contributed by atoms with van der Waals surface area (Å²) >= 11 is 5.90. The summed E-state index contributed by atoms with van der Waals surface area (Å²) in [6.07, 6.45) is 0. The van der Waals surface area contributed by atoms with Gasteiger partial charge in [0.05, 0.1) is 6.54 Å². The fourth-order valence-corrected chi connectivity index (χ4v) is 2.27. The molecule has 5 heteroatoms. The van der Waals surface area contributed by atoms with Crippen LogP contribution in [0.1, 0.15) is 24.4 Å². The average Bonchev–Trinajstić information content (AvgIpc) is 3.03. The Morgan fingerprint density at radius 1 is 1.09 bits per heavy atom. The Hall–Kier alpha value is -2.17. The van der Waals surface area contributed by atoms with Crippen LogP contribution >= 0.6 is 11.6 Å². The number of aromatic nitrogens is 2. The molecule has 112 valence electrons. The van der Waals surface area contributed by atoms with Crippen LogP contribution in [0.2, 0.25) is 5.02 Å². The smallest absolute Gasteiger partial charge is 0.240 e. The molecule has 22 heavy (non-hydrogen) atoms. The van der Waals surface area contributed by atoms with Crippen molar-refractivity contribution in [2.24, 2.45) is 0 Å². The molecule has 2 aromatic carbocycles. The van der Waals surface area contributed by atoms with Gasteiger partial charge in [-0.1, -0.05) is 59.2 Å². The monoisotopic (exact) mass is 313 g/mol. The van der Waals surface area contributed by atoms with E-state index in [1.807, 2.05) is 54.6 Å². The van der Waals surface area contributed by atoms with Crippen molar-refractivity contribution in [1.82, 2.24) is 15.5 Å². The highest BCUT2D eigenvalue weighted by molar-refractivity contribution is 6.30. The Labute approximate surface area is 134 Å². The van der Waals surface area contributed by atoms with Crippen molar-refractivity contribution in [1.29, 1.82) is 0 Å². The summed E-state index contributed by atoms with van der Waals surface area (Å²) in [4.78, 5) is 4.40. The van der Waals surface area contributed by atoms with Gasteiger partial charge in [-0.3, -0.25) is 0 Å². The molecular weight excluding hydrogens is 298 g/mol. The third-order valence-corrected chi connectivity index (χ3v) is 3.68. The number of hydrogen-bond donors (Lipinski definition) is 1. The lowest BCUT2D eigenvalue weighted by molar-refractivity contribution is 0.360. The van der Waals surface area contributed by atoms with Gasteiger partial charge >= 0.3 is 0 Å². The molecule has 0 radical (unpaired) electrons. The lowest BCUT2D eigenvalue weighted by Crippen LogP contribution is -2.18. The van der Waals surface area contributed by atoms with Gasteiger partial charge in [0.15, 0.2) is 0 Å². The van der Waals surface area contributed by atoms with Gasteiger partial charge in [0.25, 0.3) is 0 Å². The first-order valence-electron chi connectivity index (χ1n) is 7.09. The Morgan fingerprint density at radius 3 is 2.55 bits per heavy atom. The third-order valence-electron chi connectivity index (χ3n) is 3.43. The van der Waals surface area contributed by atoms with Crippen LogP contribution in [0.25, 0.3) is 11.4 Å². The average molecular weight is 314 g/mol. The summed E-state index contributed by atoms with van der Waals surface area (Å²) in [6.45, 7) is 2.60. The van der Waals surface area contributed by atoms with Crippen molar-refractivity contribution >= 4 is 11.6 Å². The summed E-state index contributed by atoms with van der Waals surface area (Å²) in [5.74, 6) is 1.18. The van der Waals surface area contributed by atoms with Crippen LogP contribution in [0.4, 0.5) is 0 Å². The standard InChI is InChI=1S/C17H16ClN3O/c1-12(13-7-9-15(18)10-8-13)19-11-16-20-17(21-22-16)14-5-3-2-4-6-14/h2-10,12,19H,11H2,1H3/t12-/m0/s1. The molecule has 0 aliphatic heterocycles. The molecule has 1 atom stereocenters. The molecule has 1 aromatic heterocycles. The third kappa shape index (κ3) is 3.53. The largest absolute Gasteiger partial charge is 0.338 e. The molecule has 0 spiro atoms. The first-order chi connectivity index (χ1) is 10.7. The number of hydrogen-bond acceptors (Lipinski definition) is 4. The van der Waals surface area contributed by atoms with Gasteiger partial charge in [-0.05, 0) is 24.6 Å². The zero-order chi connectivity index (χ0) is 15.4. The highest BCUT2D eigenvalue weighted by Crippen LogP contribution is 2.17. The van der Waals surface area contributed by atoms with Crippen LogP contribution in [0.5, 0.6) is 0 Å². The summed E-state index contributed by atoms with van der Waals surface area (Å²) in [5.41, 5.74) is 2.11. The molecule has 0 aliphatic carbocycles. The maximum atomic E-state index is 5.90. The lowest BCUT2D eigenvalue weighted by atomic mass is 10.1. The predicted octanol–water partition coefficient (Wildman–Crippen LogP) is 4.24. The fraction of sp³-hybridized carbons (Fsp3) is 0.176. The maximum absolute atomic E-state index is 5.90. The molecule has 3 rings (SSSR count). The van der Waals surface area contributed by atoms with E-state index in [0.29, 0.717) is 18.3 Å².